The third-order valence-electron chi connectivity index (χ3n) is 2.93. The molecular weight excluding hydrogens is 250 g/mol. The Labute approximate surface area is 110 Å². The molecule has 0 aromatic heterocycles. The van der Waals surface area contributed by atoms with Gasteiger partial charge >= 0.3 is 5.97 Å². The Balaban J connectivity index is 3.11. The van der Waals surface area contributed by atoms with Gasteiger partial charge in [0.15, 0.2) is 11.5 Å². The molecule has 1 aromatic carbocycles. The summed E-state index contributed by atoms with van der Waals surface area (Å²) in [6.07, 6.45) is 0.582. The fourth-order valence-electron chi connectivity index (χ4n) is 1.65. The second kappa shape index (κ2) is 6.08. The summed E-state index contributed by atoms with van der Waals surface area (Å²) in [6, 6.07) is 3.72. The summed E-state index contributed by atoms with van der Waals surface area (Å²) in [6.45, 7) is 3.10. The Hall–Kier alpha value is -2.24. The number of hydrogen-bond acceptors (Lipinski definition) is 4. The molecule has 0 spiro atoms. The van der Waals surface area contributed by atoms with Crippen LogP contribution in [0, 0.1) is 0 Å². The number of rotatable bonds is 5. The minimum absolute atomic E-state index is 0.110. The van der Waals surface area contributed by atoms with Crippen LogP contribution in [0.2, 0.25) is 0 Å². The van der Waals surface area contributed by atoms with Gasteiger partial charge in [0.1, 0.15) is 6.54 Å². The van der Waals surface area contributed by atoms with Gasteiger partial charge in [-0.2, -0.15) is 0 Å². The number of carbonyl (C=O) groups is 2. The highest BCUT2D eigenvalue weighted by Gasteiger charge is 2.25. The van der Waals surface area contributed by atoms with E-state index in [1.165, 1.54) is 18.2 Å². The van der Waals surface area contributed by atoms with Gasteiger partial charge in [0.05, 0.1) is 5.56 Å². The number of benzene rings is 1. The molecule has 0 fully saturated rings. The molecule has 0 saturated carbocycles. The summed E-state index contributed by atoms with van der Waals surface area (Å²) in [5.41, 5.74) is -0.110. The number of carboxylic acids is 1. The lowest BCUT2D eigenvalue weighted by Crippen LogP contribution is -2.41. The van der Waals surface area contributed by atoms with E-state index in [0.29, 0.717) is 6.42 Å². The van der Waals surface area contributed by atoms with E-state index in [9.17, 15) is 19.8 Å². The third kappa shape index (κ3) is 3.37. The first-order valence-corrected chi connectivity index (χ1v) is 5.92. The topological polar surface area (TPSA) is 98.1 Å². The summed E-state index contributed by atoms with van der Waals surface area (Å²) in [5, 5.41) is 27.9. The lowest BCUT2D eigenvalue weighted by molar-refractivity contribution is -0.138. The highest BCUT2D eigenvalue weighted by Crippen LogP contribution is 2.29. The maximum absolute atomic E-state index is 12.2. The van der Waals surface area contributed by atoms with Gasteiger partial charge in [0.2, 0.25) is 0 Å². The van der Waals surface area contributed by atoms with Gasteiger partial charge in [-0.15, -0.1) is 0 Å². The van der Waals surface area contributed by atoms with Crippen molar-refractivity contribution in [1.82, 2.24) is 4.90 Å². The molecule has 0 aliphatic heterocycles. The van der Waals surface area contributed by atoms with Gasteiger partial charge < -0.3 is 20.2 Å². The highest BCUT2D eigenvalue weighted by molar-refractivity contribution is 5.99. The van der Waals surface area contributed by atoms with E-state index in [4.69, 9.17) is 5.11 Å². The molecule has 1 atom stereocenters. The first kappa shape index (κ1) is 14.8. The zero-order chi connectivity index (χ0) is 14.6. The van der Waals surface area contributed by atoms with E-state index in [-0.39, 0.29) is 11.6 Å². The van der Waals surface area contributed by atoms with Crippen molar-refractivity contribution in [2.24, 2.45) is 0 Å². The molecule has 6 heteroatoms. The molecule has 0 aliphatic carbocycles. The van der Waals surface area contributed by atoms with Crippen LogP contribution in [0.15, 0.2) is 18.2 Å². The van der Waals surface area contributed by atoms with Crippen LogP contribution >= 0.6 is 0 Å². The quantitative estimate of drug-likeness (QED) is 0.701. The Bertz CT molecular complexity index is 486. The first-order chi connectivity index (χ1) is 8.88. The number of amides is 1. The van der Waals surface area contributed by atoms with Crippen molar-refractivity contribution < 1.29 is 24.9 Å². The Kier molecular flexibility index (Phi) is 4.74. The van der Waals surface area contributed by atoms with Crippen molar-refractivity contribution in [3.63, 3.8) is 0 Å². The maximum atomic E-state index is 12.2. The van der Waals surface area contributed by atoms with E-state index in [1.54, 1.807) is 6.92 Å². The number of nitrogens with zero attached hydrogens (tertiary/aromatic N) is 1. The number of aliphatic carboxylic acids is 1. The molecule has 0 heterocycles. The Morgan fingerprint density at radius 1 is 1.32 bits per heavy atom. The maximum Gasteiger partial charge on any atom is 0.323 e. The van der Waals surface area contributed by atoms with Crippen molar-refractivity contribution >= 4 is 11.9 Å². The number of aromatic hydroxyl groups is 2. The monoisotopic (exact) mass is 267 g/mol. The number of hydrogen-bond donors (Lipinski definition) is 3. The second-order valence-electron chi connectivity index (χ2n) is 4.26. The van der Waals surface area contributed by atoms with Gasteiger partial charge in [-0.25, -0.2) is 0 Å². The molecule has 1 amide bonds. The van der Waals surface area contributed by atoms with Gasteiger partial charge in [-0.05, 0) is 25.5 Å². The summed E-state index contributed by atoms with van der Waals surface area (Å²) in [5.74, 6) is -2.70. The SMILES string of the molecule is CCC(C)N(CC(=O)O)C(=O)c1cccc(O)c1O. The van der Waals surface area contributed by atoms with Gasteiger partial charge in [-0.1, -0.05) is 13.0 Å². The average molecular weight is 267 g/mol. The van der Waals surface area contributed by atoms with E-state index in [0.717, 1.165) is 4.90 Å². The molecule has 1 aromatic rings. The van der Waals surface area contributed by atoms with E-state index in [1.807, 2.05) is 6.92 Å². The van der Waals surface area contributed by atoms with Crippen LogP contribution in [0.25, 0.3) is 0 Å². The van der Waals surface area contributed by atoms with Crippen molar-refractivity contribution in [1.29, 1.82) is 0 Å². The Morgan fingerprint density at radius 3 is 2.47 bits per heavy atom. The minimum atomic E-state index is -1.13. The summed E-state index contributed by atoms with van der Waals surface area (Å²) >= 11 is 0. The smallest absolute Gasteiger partial charge is 0.323 e. The number of carbonyl (C=O) groups excluding carboxylic acids is 1. The molecular formula is C13H17NO5. The van der Waals surface area contributed by atoms with Crippen LogP contribution in [0.5, 0.6) is 11.5 Å². The lowest BCUT2D eigenvalue weighted by Gasteiger charge is -2.27. The van der Waals surface area contributed by atoms with Crippen LogP contribution in [0.1, 0.15) is 30.6 Å². The summed E-state index contributed by atoms with van der Waals surface area (Å²) < 4.78 is 0. The molecule has 1 unspecified atom stereocenters. The van der Waals surface area contributed by atoms with Gasteiger partial charge in [-0.3, -0.25) is 9.59 Å². The van der Waals surface area contributed by atoms with Crippen molar-refractivity contribution in [2.75, 3.05) is 6.54 Å². The predicted molar refractivity (Wildman–Crippen MR) is 68.2 cm³/mol. The fraction of sp³-hybridized carbons (Fsp3) is 0.385. The average Bonchev–Trinajstić information content (AvgIpc) is 2.37. The summed E-state index contributed by atoms with van der Waals surface area (Å²) in [4.78, 5) is 24.2. The molecule has 0 aliphatic rings. The largest absolute Gasteiger partial charge is 0.504 e. The zero-order valence-corrected chi connectivity index (χ0v) is 10.8. The second-order valence-corrected chi connectivity index (χ2v) is 4.26. The molecule has 0 bridgehead atoms. The van der Waals surface area contributed by atoms with Crippen LogP contribution in [-0.4, -0.2) is 44.7 Å². The lowest BCUT2D eigenvalue weighted by atomic mass is 10.1. The number of phenolic OH excluding ortho intramolecular Hbond substituents is 2. The number of para-hydroxylation sites is 1. The van der Waals surface area contributed by atoms with Crippen molar-refractivity contribution in [3.8, 4) is 11.5 Å². The van der Waals surface area contributed by atoms with Crippen molar-refractivity contribution in [3.05, 3.63) is 23.8 Å². The van der Waals surface area contributed by atoms with Crippen LogP contribution in [-0.2, 0) is 4.79 Å². The zero-order valence-electron chi connectivity index (χ0n) is 10.8. The van der Waals surface area contributed by atoms with E-state index in [2.05, 4.69) is 0 Å². The van der Waals surface area contributed by atoms with E-state index < -0.39 is 29.9 Å². The fourth-order valence-corrected chi connectivity index (χ4v) is 1.65. The Morgan fingerprint density at radius 2 is 1.95 bits per heavy atom. The molecule has 0 radical (unpaired) electrons. The van der Waals surface area contributed by atoms with Crippen LogP contribution in [0.3, 0.4) is 0 Å². The summed E-state index contributed by atoms with van der Waals surface area (Å²) in [7, 11) is 0. The molecule has 3 N–H and O–H groups in total. The number of phenols is 2. The molecule has 19 heavy (non-hydrogen) atoms. The standard InChI is InChI=1S/C13H17NO5/c1-3-8(2)14(7-11(16)17)13(19)9-5-4-6-10(15)12(9)18/h4-6,8,15,18H,3,7H2,1-2H3,(H,16,17). The van der Waals surface area contributed by atoms with E-state index >= 15 is 0 Å². The molecule has 0 saturated heterocycles. The number of carboxylic acid groups (broad SMARTS) is 1. The molecule has 1 rings (SSSR count). The highest BCUT2D eigenvalue weighted by atomic mass is 16.4. The van der Waals surface area contributed by atoms with Crippen LogP contribution < -0.4 is 0 Å². The minimum Gasteiger partial charge on any atom is -0.504 e. The molecule has 6 nitrogen and oxygen atoms in total. The third-order valence-corrected chi connectivity index (χ3v) is 2.93. The normalized spacial score (nSPS) is 11.9. The van der Waals surface area contributed by atoms with Crippen LogP contribution in [0.4, 0.5) is 0 Å². The van der Waals surface area contributed by atoms with Gasteiger partial charge in [0, 0.05) is 6.04 Å². The predicted octanol–water partition coefficient (Wildman–Crippen LogP) is 1.42. The first-order valence-electron chi connectivity index (χ1n) is 5.92. The molecule has 104 valence electrons. The van der Waals surface area contributed by atoms with Gasteiger partial charge in [0.25, 0.3) is 5.91 Å². The van der Waals surface area contributed by atoms with Crippen molar-refractivity contribution in [2.45, 2.75) is 26.3 Å².